The summed E-state index contributed by atoms with van der Waals surface area (Å²) < 4.78 is 1.29. The molecule has 9 heteroatoms. The van der Waals surface area contributed by atoms with Gasteiger partial charge in [0.1, 0.15) is 5.69 Å². The molecule has 0 fully saturated rings. The zero-order chi connectivity index (χ0) is 18.3. The predicted octanol–water partition coefficient (Wildman–Crippen LogP) is 0.785. The largest absolute Gasteiger partial charge is 0.476 e. The second-order valence-electron chi connectivity index (χ2n) is 5.99. The molecular formula is C17H15N5O4. The minimum absolute atomic E-state index is 0.0761. The Hall–Kier alpha value is -3.62. The fourth-order valence-electron chi connectivity index (χ4n) is 3.09. The molecule has 3 N–H and O–H groups in total. The van der Waals surface area contributed by atoms with E-state index in [1.807, 2.05) is 6.07 Å². The smallest absolute Gasteiger partial charge is 0.356 e. The monoisotopic (exact) mass is 353 g/mol. The van der Waals surface area contributed by atoms with Crippen molar-refractivity contribution in [3.8, 4) is 5.69 Å². The summed E-state index contributed by atoms with van der Waals surface area (Å²) in [4.78, 5) is 37.7. The first kappa shape index (κ1) is 15.9. The number of aromatic carboxylic acids is 1. The summed E-state index contributed by atoms with van der Waals surface area (Å²) in [5.41, 5.74) is 1.59. The summed E-state index contributed by atoms with van der Waals surface area (Å²) in [6.45, 7) is 0.538. The van der Waals surface area contributed by atoms with Crippen LogP contribution in [0.5, 0.6) is 0 Å². The first-order chi connectivity index (χ1) is 12.5. The Labute approximate surface area is 146 Å². The predicted molar refractivity (Wildman–Crippen MR) is 90.4 cm³/mol. The number of amides is 1. The Morgan fingerprint density at radius 2 is 1.96 bits per heavy atom. The molecule has 1 amide bonds. The lowest BCUT2D eigenvalue weighted by atomic mass is 10.0. The maximum Gasteiger partial charge on any atom is 0.356 e. The fourth-order valence-corrected chi connectivity index (χ4v) is 3.09. The van der Waals surface area contributed by atoms with Gasteiger partial charge in [-0.1, -0.05) is 18.2 Å². The number of aromatic amines is 2. The molecule has 1 aliphatic heterocycles. The van der Waals surface area contributed by atoms with Crippen molar-refractivity contribution in [2.24, 2.45) is 0 Å². The molecule has 0 atom stereocenters. The van der Waals surface area contributed by atoms with Gasteiger partial charge in [0.25, 0.3) is 11.5 Å². The number of carboxylic acids is 1. The van der Waals surface area contributed by atoms with Gasteiger partial charge < -0.3 is 10.0 Å². The SMILES string of the molecule is O=C(O)c1n[nH]c2c1CN(C(=O)c1cc(=O)n(-c3ccccc3)[nH]1)CC2. The molecule has 3 heterocycles. The maximum absolute atomic E-state index is 12.8. The van der Waals surface area contributed by atoms with Crippen LogP contribution in [0, 0.1) is 0 Å². The number of hydrogen-bond acceptors (Lipinski definition) is 4. The van der Waals surface area contributed by atoms with Gasteiger partial charge >= 0.3 is 5.97 Å². The Kier molecular flexibility index (Phi) is 3.68. The van der Waals surface area contributed by atoms with Gasteiger partial charge in [-0.2, -0.15) is 5.10 Å². The second kappa shape index (κ2) is 6.03. The highest BCUT2D eigenvalue weighted by Crippen LogP contribution is 2.21. The standard InChI is InChI=1S/C17H15N5O4/c23-14-8-13(20-22(14)10-4-2-1-3-5-10)16(24)21-7-6-12-11(9-21)15(17(25)26)19-18-12/h1-5,8,20H,6-7,9H2,(H,18,19)(H,25,26). The van der Waals surface area contributed by atoms with Crippen LogP contribution in [-0.4, -0.2) is 48.4 Å². The molecule has 132 valence electrons. The summed E-state index contributed by atoms with van der Waals surface area (Å²) in [6.07, 6.45) is 0.477. The van der Waals surface area contributed by atoms with Crippen molar-refractivity contribution in [2.45, 2.75) is 13.0 Å². The Morgan fingerprint density at radius 1 is 1.19 bits per heavy atom. The summed E-state index contributed by atoms with van der Waals surface area (Å²) in [7, 11) is 0. The van der Waals surface area contributed by atoms with E-state index in [0.29, 0.717) is 24.2 Å². The highest BCUT2D eigenvalue weighted by molar-refractivity contribution is 5.93. The van der Waals surface area contributed by atoms with Crippen LogP contribution in [0.25, 0.3) is 5.69 Å². The summed E-state index contributed by atoms with van der Waals surface area (Å²) in [5, 5.41) is 18.5. The molecular weight excluding hydrogens is 338 g/mol. The van der Waals surface area contributed by atoms with Crippen LogP contribution in [0.3, 0.4) is 0 Å². The molecule has 2 aromatic heterocycles. The average molecular weight is 353 g/mol. The van der Waals surface area contributed by atoms with E-state index < -0.39 is 5.97 Å². The van der Waals surface area contributed by atoms with E-state index in [1.54, 1.807) is 24.3 Å². The molecule has 0 radical (unpaired) electrons. The van der Waals surface area contributed by atoms with Gasteiger partial charge in [-0.05, 0) is 12.1 Å². The topological polar surface area (TPSA) is 124 Å². The van der Waals surface area contributed by atoms with E-state index in [2.05, 4.69) is 15.3 Å². The Balaban J connectivity index is 1.62. The molecule has 4 rings (SSSR count). The third-order valence-corrected chi connectivity index (χ3v) is 4.39. The Morgan fingerprint density at radius 3 is 2.69 bits per heavy atom. The van der Waals surface area contributed by atoms with Crippen molar-refractivity contribution >= 4 is 11.9 Å². The lowest BCUT2D eigenvalue weighted by molar-refractivity contribution is 0.0673. The third-order valence-electron chi connectivity index (χ3n) is 4.39. The lowest BCUT2D eigenvalue weighted by Crippen LogP contribution is -2.36. The molecule has 0 saturated carbocycles. The van der Waals surface area contributed by atoms with Crippen LogP contribution in [0.1, 0.15) is 32.2 Å². The van der Waals surface area contributed by atoms with Crippen molar-refractivity contribution in [2.75, 3.05) is 6.54 Å². The quantitative estimate of drug-likeness (QED) is 0.642. The molecule has 1 aliphatic rings. The van der Waals surface area contributed by atoms with Gasteiger partial charge in [-0.3, -0.25) is 19.8 Å². The van der Waals surface area contributed by atoms with Crippen LogP contribution < -0.4 is 5.56 Å². The Bertz CT molecular complexity index is 1050. The van der Waals surface area contributed by atoms with Crippen LogP contribution in [0.4, 0.5) is 0 Å². The number of hydrogen-bond donors (Lipinski definition) is 3. The highest BCUT2D eigenvalue weighted by atomic mass is 16.4. The van der Waals surface area contributed by atoms with E-state index in [4.69, 9.17) is 0 Å². The van der Waals surface area contributed by atoms with Gasteiger partial charge in [-0.15, -0.1) is 0 Å². The molecule has 3 aromatic rings. The zero-order valence-electron chi connectivity index (χ0n) is 13.6. The van der Waals surface area contributed by atoms with E-state index in [1.165, 1.54) is 15.6 Å². The molecule has 26 heavy (non-hydrogen) atoms. The normalized spacial score (nSPS) is 13.5. The third kappa shape index (κ3) is 2.59. The van der Waals surface area contributed by atoms with E-state index in [0.717, 1.165) is 5.69 Å². The van der Waals surface area contributed by atoms with Crippen molar-refractivity contribution in [3.05, 3.63) is 69.4 Å². The van der Waals surface area contributed by atoms with Crippen molar-refractivity contribution in [3.63, 3.8) is 0 Å². The minimum Gasteiger partial charge on any atom is -0.476 e. The number of para-hydroxylation sites is 1. The van der Waals surface area contributed by atoms with Crippen LogP contribution in [-0.2, 0) is 13.0 Å². The lowest BCUT2D eigenvalue weighted by Gasteiger charge is -2.26. The summed E-state index contributed by atoms with van der Waals surface area (Å²) in [5.74, 6) is -1.50. The molecule has 0 spiro atoms. The van der Waals surface area contributed by atoms with Crippen molar-refractivity contribution < 1.29 is 14.7 Å². The number of rotatable bonds is 3. The number of carbonyl (C=O) groups excluding carboxylic acids is 1. The van der Waals surface area contributed by atoms with Gasteiger partial charge in [-0.25, -0.2) is 9.48 Å². The van der Waals surface area contributed by atoms with Gasteiger partial charge in [0.2, 0.25) is 0 Å². The number of nitrogens with zero attached hydrogens (tertiary/aromatic N) is 3. The number of nitrogens with one attached hydrogen (secondary N) is 2. The maximum atomic E-state index is 12.8. The number of benzene rings is 1. The molecule has 0 bridgehead atoms. The van der Waals surface area contributed by atoms with E-state index in [9.17, 15) is 19.5 Å². The second-order valence-corrected chi connectivity index (χ2v) is 5.99. The van der Waals surface area contributed by atoms with Crippen LogP contribution >= 0.6 is 0 Å². The zero-order valence-corrected chi connectivity index (χ0v) is 13.6. The summed E-state index contributed by atoms with van der Waals surface area (Å²) >= 11 is 0. The molecule has 0 aliphatic carbocycles. The van der Waals surface area contributed by atoms with Gasteiger partial charge in [0.15, 0.2) is 5.69 Å². The molecule has 9 nitrogen and oxygen atoms in total. The van der Waals surface area contributed by atoms with Gasteiger partial charge in [0.05, 0.1) is 12.2 Å². The number of aromatic nitrogens is 4. The number of carboxylic acid groups (broad SMARTS) is 1. The first-order valence-electron chi connectivity index (χ1n) is 8.01. The molecule has 1 aromatic carbocycles. The number of carbonyl (C=O) groups is 2. The fraction of sp³-hybridized carbons (Fsp3) is 0.176. The van der Waals surface area contributed by atoms with Gasteiger partial charge in [0, 0.05) is 30.3 Å². The highest BCUT2D eigenvalue weighted by Gasteiger charge is 2.29. The van der Waals surface area contributed by atoms with E-state index >= 15 is 0 Å². The average Bonchev–Trinajstić information content (AvgIpc) is 3.25. The molecule has 0 saturated heterocycles. The van der Waals surface area contributed by atoms with Crippen molar-refractivity contribution in [1.29, 1.82) is 0 Å². The first-order valence-corrected chi connectivity index (χ1v) is 8.01. The minimum atomic E-state index is -1.14. The van der Waals surface area contributed by atoms with Crippen molar-refractivity contribution in [1.82, 2.24) is 24.9 Å². The van der Waals surface area contributed by atoms with E-state index in [-0.39, 0.29) is 29.4 Å². The molecule has 0 unspecified atom stereocenters. The number of fused-ring (bicyclic) bond motifs is 1. The van der Waals surface area contributed by atoms with Crippen LogP contribution in [0.2, 0.25) is 0 Å². The number of H-pyrrole nitrogens is 2. The summed E-state index contributed by atoms with van der Waals surface area (Å²) in [6, 6.07) is 10.2. The van der Waals surface area contributed by atoms with Crippen LogP contribution in [0.15, 0.2) is 41.2 Å².